The number of halogens is 2. The molecule has 0 saturated heterocycles. The second-order valence-electron chi connectivity index (χ2n) is 2.47. The van der Waals surface area contributed by atoms with Gasteiger partial charge in [-0.25, -0.2) is 4.79 Å². The maximum absolute atomic E-state index is 10.7. The van der Waals surface area contributed by atoms with Gasteiger partial charge in [-0.1, -0.05) is 27.8 Å². The molecule has 0 aliphatic heterocycles. The zero-order valence-electron chi connectivity index (χ0n) is 7.05. The average Bonchev–Trinajstić information content (AvgIpc) is 2.14. The lowest BCUT2D eigenvalue weighted by atomic mass is 10.1. The fourth-order valence-corrected chi connectivity index (χ4v) is 1.48. The Kier molecular flexibility index (Phi) is 3.99. The number of carbonyl (C=O) groups is 1. The minimum absolute atomic E-state index is 0.207. The Morgan fingerprint density at radius 1 is 1.50 bits per heavy atom. The lowest BCUT2D eigenvalue weighted by Gasteiger charge is -1.97. The number of carboxylic acid groups (broad SMARTS) is 1. The van der Waals surface area contributed by atoms with Gasteiger partial charge in [0.1, 0.15) is 0 Å². The minimum atomic E-state index is -0.972. The van der Waals surface area contributed by atoms with Crippen LogP contribution in [0.5, 0.6) is 0 Å². The van der Waals surface area contributed by atoms with Crippen molar-refractivity contribution in [3.63, 3.8) is 0 Å². The molecule has 0 fully saturated rings. The van der Waals surface area contributed by atoms with Gasteiger partial charge >= 0.3 is 5.97 Å². The molecular formula is C10H6BrClO2. The molecule has 72 valence electrons. The minimum Gasteiger partial charge on any atom is -0.478 e. The van der Waals surface area contributed by atoms with Crippen molar-refractivity contribution in [1.29, 1.82) is 0 Å². The highest BCUT2D eigenvalue weighted by molar-refractivity contribution is 9.10. The fourth-order valence-electron chi connectivity index (χ4n) is 0.921. The second kappa shape index (κ2) is 5.04. The maximum atomic E-state index is 10.7. The fraction of sp³-hybridized carbons (Fsp3) is 0.100. The molecule has 1 N–H and O–H groups in total. The summed E-state index contributed by atoms with van der Waals surface area (Å²) in [4.78, 5) is 10.7. The summed E-state index contributed by atoms with van der Waals surface area (Å²) in [5.41, 5.74) is 0.843. The van der Waals surface area contributed by atoms with E-state index in [2.05, 4.69) is 27.8 Å². The van der Waals surface area contributed by atoms with Crippen molar-refractivity contribution in [2.75, 3.05) is 5.88 Å². The van der Waals surface area contributed by atoms with E-state index in [9.17, 15) is 4.79 Å². The smallest absolute Gasteiger partial charge is 0.335 e. The lowest BCUT2D eigenvalue weighted by molar-refractivity contribution is 0.0697. The first-order valence-electron chi connectivity index (χ1n) is 3.72. The molecule has 0 aliphatic carbocycles. The highest BCUT2D eigenvalue weighted by atomic mass is 79.9. The van der Waals surface area contributed by atoms with Gasteiger partial charge in [0.2, 0.25) is 0 Å². The number of hydrogen-bond donors (Lipinski definition) is 1. The van der Waals surface area contributed by atoms with Gasteiger partial charge in [-0.05, 0) is 18.2 Å². The largest absolute Gasteiger partial charge is 0.478 e. The van der Waals surface area contributed by atoms with Crippen molar-refractivity contribution < 1.29 is 9.90 Å². The second-order valence-corrected chi connectivity index (χ2v) is 3.65. The summed E-state index contributed by atoms with van der Waals surface area (Å²) < 4.78 is 0.691. The summed E-state index contributed by atoms with van der Waals surface area (Å²) >= 11 is 8.60. The first-order chi connectivity index (χ1) is 6.63. The first-order valence-corrected chi connectivity index (χ1v) is 5.05. The molecule has 0 aromatic heterocycles. The zero-order valence-corrected chi connectivity index (χ0v) is 9.39. The van der Waals surface area contributed by atoms with Gasteiger partial charge in [0, 0.05) is 10.0 Å². The van der Waals surface area contributed by atoms with Crippen LogP contribution in [-0.2, 0) is 0 Å². The van der Waals surface area contributed by atoms with Crippen LogP contribution in [0.2, 0.25) is 0 Å². The molecule has 0 bridgehead atoms. The summed E-state index contributed by atoms with van der Waals surface area (Å²) in [6, 6.07) is 4.77. The van der Waals surface area contributed by atoms with Crippen molar-refractivity contribution in [2.45, 2.75) is 0 Å². The Balaban J connectivity index is 3.13. The molecular weight excluding hydrogens is 267 g/mol. The van der Waals surface area contributed by atoms with E-state index in [4.69, 9.17) is 16.7 Å². The number of rotatable bonds is 1. The van der Waals surface area contributed by atoms with Crippen molar-refractivity contribution in [3.05, 3.63) is 33.8 Å². The molecule has 0 aliphatic rings. The number of hydrogen-bond acceptors (Lipinski definition) is 1. The van der Waals surface area contributed by atoms with E-state index in [-0.39, 0.29) is 11.4 Å². The Hall–Kier alpha value is -0.980. The molecule has 2 nitrogen and oxygen atoms in total. The number of carboxylic acids is 1. The van der Waals surface area contributed by atoms with Gasteiger partial charge in [-0.3, -0.25) is 0 Å². The van der Waals surface area contributed by atoms with Crippen LogP contribution in [0.25, 0.3) is 0 Å². The zero-order chi connectivity index (χ0) is 10.6. The first kappa shape index (κ1) is 11.1. The van der Waals surface area contributed by atoms with Crippen LogP contribution in [0.3, 0.4) is 0 Å². The van der Waals surface area contributed by atoms with Gasteiger partial charge in [-0.15, -0.1) is 11.6 Å². The van der Waals surface area contributed by atoms with Gasteiger partial charge in [0.15, 0.2) is 0 Å². The third kappa shape index (κ3) is 3.06. The SMILES string of the molecule is O=C(O)c1cc(Br)cc(C#CCCl)c1. The molecule has 1 aromatic carbocycles. The maximum Gasteiger partial charge on any atom is 0.335 e. The molecule has 1 rings (SSSR count). The molecule has 0 unspecified atom stereocenters. The molecule has 0 atom stereocenters. The summed E-state index contributed by atoms with van der Waals surface area (Å²) in [5.74, 6) is 4.67. The lowest BCUT2D eigenvalue weighted by Crippen LogP contribution is -1.96. The van der Waals surface area contributed by atoms with Crippen LogP contribution in [0.1, 0.15) is 15.9 Å². The number of aromatic carboxylic acids is 1. The number of benzene rings is 1. The van der Waals surface area contributed by atoms with Crippen molar-refractivity contribution in [2.24, 2.45) is 0 Å². The topological polar surface area (TPSA) is 37.3 Å². The van der Waals surface area contributed by atoms with E-state index in [1.165, 1.54) is 12.1 Å². The van der Waals surface area contributed by atoms with E-state index in [1.54, 1.807) is 6.07 Å². The van der Waals surface area contributed by atoms with Gasteiger partial charge in [-0.2, -0.15) is 0 Å². The summed E-state index contributed by atoms with van der Waals surface area (Å²) in [6.45, 7) is 0. The van der Waals surface area contributed by atoms with Crippen LogP contribution < -0.4 is 0 Å². The molecule has 0 amide bonds. The van der Waals surface area contributed by atoms with E-state index in [0.717, 1.165) is 0 Å². The predicted molar refractivity (Wildman–Crippen MR) is 58.7 cm³/mol. The third-order valence-electron chi connectivity index (χ3n) is 1.44. The van der Waals surface area contributed by atoms with Crippen molar-refractivity contribution in [3.8, 4) is 11.8 Å². The molecule has 1 aromatic rings. The van der Waals surface area contributed by atoms with Gasteiger partial charge < -0.3 is 5.11 Å². The van der Waals surface area contributed by atoms with E-state index < -0.39 is 5.97 Å². The predicted octanol–water partition coefficient (Wildman–Crippen LogP) is 2.74. The molecule has 0 radical (unpaired) electrons. The Morgan fingerprint density at radius 3 is 2.79 bits per heavy atom. The summed E-state index contributed by atoms with van der Waals surface area (Å²) in [5, 5.41) is 8.76. The summed E-state index contributed by atoms with van der Waals surface area (Å²) in [6.07, 6.45) is 0. The van der Waals surface area contributed by atoms with Crippen molar-refractivity contribution in [1.82, 2.24) is 0 Å². The average molecular weight is 274 g/mol. The Labute approximate surface area is 95.0 Å². The van der Waals surface area contributed by atoms with Gasteiger partial charge in [0.25, 0.3) is 0 Å². The van der Waals surface area contributed by atoms with Crippen LogP contribution >= 0.6 is 27.5 Å². The molecule has 0 heterocycles. The highest BCUT2D eigenvalue weighted by Crippen LogP contribution is 2.15. The van der Waals surface area contributed by atoms with E-state index >= 15 is 0 Å². The van der Waals surface area contributed by atoms with Gasteiger partial charge in [0.05, 0.1) is 11.4 Å². The van der Waals surface area contributed by atoms with Crippen LogP contribution in [0.15, 0.2) is 22.7 Å². The van der Waals surface area contributed by atoms with E-state index in [1.807, 2.05) is 0 Å². The highest BCUT2D eigenvalue weighted by Gasteiger charge is 2.04. The van der Waals surface area contributed by atoms with Crippen molar-refractivity contribution >= 4 is 33.5 Å². The van der Waals surface area contributed by atoms with Crippen LogP contribution in [0, 0.1) is 11.8 Å². The number of alkyl halides is 1. The van der Waals surface area contributed by atoms with E-state index in [0.29, 0.717) is 10.0 Å². The normalized spacial score (nSPS) is 9.00. The van der Waals surface area contributed by atoms with Crippen LogP contribution in [0.4, 0.5) is 0 Å². The molecule has 14 heavy (non-hydrogen) atoms. The summed E-state index contributed by atoms with van der Waals surface area (Å²) in [7, 11) is 0. The molecule has 0 spiro atoms. The Morgan fingerprint density at radius 2 is 2.21 bits per heavy atom. The third-order valence-corrected chi connectivity index (χ3v) is 2.04. The standard InChI is InChI=1S/C10H6BrClO2/c11-9-5-7(2-1-3-12)4-8(6-9)10(13)14/h4-6H,3H2,(H,13,14). The quantitative estimate of drug-likeness (QED) is 0.631. The van der Waals surface area contributed by atoms with Crippen LogP contribution in [-0.4, -0.2) is 17.0 Å². The Bertz CT molecular complexity index is 418. The molecule has 0 saturated carbocycles. The molecule has 4 heteroatoms. The monoisotopic (exact) mass is 272 g/mol.